The largest absolute Gasteiger partial charge is 0.342 e. The number of aromatic nitrogens is 3. The predicted octanol–water partition coefficient (Wildman–Crippen LogP) is 1.47. The molecule has 140 valence electrons. The lowest BCUT2D eigenvalue weighted by atomic mass is 9.97. The summed E-state index contributed by atoms with van der Waals surface area (Å²) < 4.78 is 24.7. The number of hydrogen-bond donors (Lipinski definition) is 0. The standard InChI is InChI=1S/C18H24N4O3S/c1-26(24,25)12-7-17(23)21-10-4-5-15(13-21)18-20-9-11-22(18)14-16-6-2-3-8-19-16/h2-3,6,8-9,11,15H,4-5,7,10,12-14H2,1H3. The third-order valence-corrected chi connectivity index (χ3v) is 5.58. The molecule has 1 atom stereocenters. The third kappa shape index (κ3) is 4.91. The van der Waals surface area contributed by atoms with Crippen molar-refractivity contribution in [1.82, 2.24) is 19.4 Å². The van der Waals surface area contributed by atoms with Gasteiger partial charge in [-0.05, 0) is 25.0 Å². The highest BCUT2D eigenvalue weighted by atomic mass is 32.2. The molecule has 1 aliphatic rings. The number of imidazole rings is 1. The summed E-state index contributed by atoms with van der Waals surface area (Å²) >= 11 is 0. The van der Waals surface area contributed by atoms with Crippen molar-refractivity contribution in [3.63, 3.8) is 0 Å². The van der Waals surface area contributed by atoms with Crippen LogP contribution in [0.1, 0.15) is 36.7 Å². The second kappa shape index (κ2) is 7.99. The number of carbonyl (C=O) groups excluding carboxylic acids is 1. The highest BCUT2D eigenvalue weighted by Gasteiger charge is 2.27. The fourth-order valence-electron chi connectivity index (χ4n) is 3.33. The van der Waals surface area contributed by atoms with Gasteiger partial charge in [0.05, 0.1) is 18.0 Å². The minimum Gasteiger partial charge on any atom is -0.342 e. The van der Waals surface area contributed by atoms with Crippen molar-refractivity contribution in [2.24, 2.45) is 0 Å². The second-order valence-corrected chi connectivity index (χ2v) is 9.05. The molecule has 0 N–H and O–H groups in total. The van der Waals surface area contributed by atoms with Gasteiger partial charge in [-0.1, -0.05) is 6.07 Å². The van der Waals surface area contributed by atoms with Crippen molar-refractivity contribution >= 4 is 15.7 Å². The zero-order valence-corrected chi connectivity index (χ0v) is 15.7. The fraction of sp³-hybridized carbons (Fsp3) is 0.500. The molecule has 1 unspecified atom stereocenters. The Morgan fingerprint density at radius 2 is 2.12 bits per heavy atom. The molecule has 0 radical (unpaired) electrons. The number of carbonyl (C=O) groups is 1. The van der Waals surface area contributed by atoms with Gasteiger partial charge in [0.2, 0.25) is 5.91 Å². The van der Waals surface area contributed by atoms with E-state index in [1.165, 1.54) is 0 Å². The maximum atomic E-state index is 12.4. The number of piperidine rings is 1. The quantitative estimate of drug-likeness (QED) is 0.762. The van der Waals surface area contributed by atoms with Crippen LogP contribution in [0.3, 0.4) is 0 Å². The smallest absolute Gasteiger partial charge is 0.223 e. The number of pyridine rings is 1. The summed E-state index contributed by atoms with van der Waals surface area (Å²) in [5, 5.41) is 0. The molecule has 8 heteroatoms. The molecule has 1 fully saturated rings. The molecule has 3 heterocycles. The summed E-state index contributed by atoms with van der Waals surface area (Å²) in [6, 6.07) is 5.83. The first kappa shape index (κ1) is 18.6. The van der Waals surface area contributed by atoms with Crippen molar-refractivity contribution in [3.8, 4) is 0 Å². The summed E-state index contributed by atoms with van der Waals surface area (Å²) in [4.78, 5) is 23.0. The minimum atomic E-state index is -3.13. The summed E-state index contributed by atoms with van der Waals surface area (Å²) in [5.41, 5.74) is 0.962. The van der Waals surface area contributed by atoms with Gasteiger partial charge < -0.3 is 9.47 Å². The van der Waals surface area contributed by atoms with Crippen LogP contribution in [-0.2, 0) is 21.2 Å². The number of sulfone groups is 1. The van der Waals surface area contributed by atoms with Crippen LogP contribution >= 0.6 is 0 Å². The van der Waals surface area contributed by atoms with E-state index in [-0.39, 0.29) is 24.0 Å². The van der Waals surface area contributed by atoms with Gasteiger partial charge in [0, 0.05) is 50.3 Å². The van der Waals surface area contributed by atoms with E-state index in [1.807, 2.05) is 24.4 Å². The van der Waals surface area contributed by atoms with E-state index < -0.39 is 9.84 Å². The van der Waals surface area contributed by atoms with Gasteiger partial charge in [0.1, 0.15) is 15.7 Å². The predicted molar refractivity (Wildman–Crippen MR) is 98.4 cm³/mol. The topological polar surface area (TPSA) is 85.2 Å². The summed E-state index contributed by atoms with van der Waals surface area (Å²) in [7, 11) is -3.13. The average molecular weight is 376 g/mol. The van der Waals surface area contributed by atoms with Crippen LogP contribution in [0.4, 0.5) is 0 Å². The number of rotatable bonds is 6. The first-order chi connectivity index (χ1) is 12.4. The zero-order chi connectivity index (χ0) is 18.6. The number of amides is 1. The Kier molecular flexibility index (Phi) is 5.70. The monoisotopic (exact) mass is 376 g/mol. The normalized spacial score (nSPS) is 18.0. The Labute approximate surface area is 154 Å². The molecule has 26 heavy (non-hydrogen) atoms. The molecule has 0 aromatic carbocycles. The number of nitrogens with zero attached hydrogens (tertiary/aromatic N) is 4. The summed E-state index contributed by atoms with van der Waals surface area (Å²) in [6.07, 6.45) is 8.56. The van der Waals surface area contributed by atoms with Crippen molar-refractivity contribution < 1.29 is 13.2 Å². The summed E-state index contributed by atoms with van der Waals surface area (Å²) in [6.45, 7) is 1.91. The molecule has 0 aliphatic carbocycles. The number of likely N-dealkylation sites (tertiary alicyclic amines) is 1. The van der Waals surface area contributed by atoms with Gasteiger partial charge in [-0.15, -0.1) is 0 Å². The van der Waals surface area contributed by atoms with Gasteiger partial charge in [0.25, 0.3) is 0 Å². The number of hydrogen-bond acceptors (Lipinski definition) is 5. The Hall–Kier alpha value is -2.22. The van der Waals surface area contributed by atoms with Crippen LogP contribution < -0.4 is 0 Å². The third-order valence-electron chi connectivity index (χ3n) is 4.63. The van der Waals surface area contributed by atoms with E-state index in [2.05, 4.69) is 14.5 Å². The van der Waals surface area contributed by atoms with Gasteiger partial charge in [-0.25, -0.2) is 13.4 Å². The van der Waals surface area contributed by atoms with E-state index in [9.17, 15) is 13.2 Å². The molecule has 3 rings (SSSR count). The average Bonchev–Trinajstić information content (AvgIpc) is 3.08. The molecule has 1 amide bonds. The van der Waals surface area contributed by atoms with Crippen LogP contribution in [0, 0.1) is 0 Å². The highest BCUT2D eigenvalue weighted by molar-refractivity contribution is 7.90. The first-order valence-electron chi connectivity index (χ1n) is 8.79. The van der Waals surface area contributed by atoms with Crippen molar-refractivity contribution in [1.29, 1.82) is 0 Å². The SMILES string of the molecule is CS(=O)(=O)CCC(=O)N1CCCC(c2nccn2Cc2ccccn2)C1. The van der Waals surface area contributed by atoms with Gasteiger partial charge in [-0.2, -0.15) is 0 Å². The summed E-state index contributed by atoms with van der Waals surface area (Å²) in [5.74, 6) is 0.922. The van der Waals surface area contributed by atoms with E-state index in [0.29, 0.717) is 19.6 Å². The van der Waals surface area contributed by atoms with Crippen LogP contribution in [-0.4, -0.2) is 58.9 Å². The van der Waals surface area contributed by atoms with Crippen molar-refractivity contribution in [2.45, 2.75) is 31.7 Å². The lowest BCUT2D eigenvalue weighted by Gasteiger charge is -2.32. The van der Waals surface area contributed by atoms with Gasteiger partial charge in [-0.3, -0.25) is 9.78 Å². The van der Waals surface area contributed by atoms with E-state index in [1.54, 1.807) is 17.3 Å². The van der Waals surface area contributed by atoms with E-state index in [4.69, 9.17) is 0 Å². The fourth-order valence-corrected chi connectivity index (χ4v) is 3.87. The lowest BCUT2D eigenvalue weighted by molar-refractivity contribution is -0.132. The molecule has 2 aromatic heterocycles. The maximum absolute atomic E-state index is 12.4. The molecule has 7 nitrogen and oxygen atoms in total. The van der Waals surface area contributed by atoms with Gasteiger partial charge in [0.15, 0.2) is 0 Å². The Morgan fingerprint density at radius 1 is 1.27 bits per heavy atom. The van der Waals surface area contributed by atoms with Crippen LogP contribution in [0.25, 0.3) is 0 Å². The highest BCUT2D eigenvalue weighted by Crippen LogP contribution is 2.26. The Balaban J connectivity index is 1.67. The Morgan fingerprint density at radius 3 is 2.85 bits per heavy atom. The van der Waals surface area contributed by atoms with Crippen molar-refractivity contribution in [2.75, 3.05) is 25.1 Å². The molecular formula is C18H24N4O3S. The second-order valence-electron chi connectivity index (χ2n) is 6.79. The van der Waals surface area contributed by atoms with Crippen LogP contribution in [0.5, 0.6) is 0 Å². The van der Waals surface area contributed by atoms with E-state index >= 15 is 0 Å². The molecule has 0 spiro atoms. The van der Waals surface area contributed by atoms with Crippen LogP contribution in [0.2, 0.25) is 0 Å². The minimum absolute atomic E-state index is 0.0495. The molecule has 2 aromatic rings. The maximum Gasteiger partial charge on any atom is 0.223 e. The molecule has 1 saturated heterocycles. The van der Waals surface area contributed by atoms with Crippen LogP contribution in [0.15, 0.2) is 36.8 Å². The van der Waals surface area contributed by atoms with Gasteiger partial charge >= 0.3 is 0 Å². The molecule has 1 aliphatic heterocycles. The van der Waals surface area contributed by atoms with Crippen molar-refractivity contribution in [3.05, 3.63) is 48.3 Å². The zero-order valence-electron chi connectivity index (χ0n) is 14.9. The van der Waals surface area contributed by atoms with E-state index in [0.717, 1.165) is 30.6 Å². The first-order valence-corrected chi connectivity index (χ1v) is 10.8. The lowest BCUT2D eigenvalue weighted by Crippen LogP contribution is -2.40. The molecule has 0 saturated carbocycles. The Bertz CT molecular complexity index is 848. The molecule has 0 bridgehead atoms. The molecular weight excluding hydrogens is 352 g/mol.